The lowest BCUT2D eigenvalue weighted by Crippen LogP contribution is -2.33. The van der Waals surface area contributed by atoms with Crippen LogP contribution in [0.5, 0.6) is 0 Å². The maximum absolute atomic E-state index is 11.9. The molecule has 1 N–H and O–H groups in total. The van der Waals surface area contributed by atoms with Gasteiger partial charge < -0.3 is 5.32 Å². The van der Waals surface area contributed by atoms with Crippen LogP contribution < -0.4 is 5.32 Å². The molecule has 0 aliphatic heterocycles. The fourth-order valence-electron chi connectivity index (χ4n) is 1.34. The van der Waals surface area contributed by atoms with Crippen LogP contribution in [0.15, 0.2) is 12.1 Å². The van der Waals surface area contributed by atoms with E-state index >= 15 is 0 Å². The summed E-state index contributed by atoms with van der Waals surface area (Å²) in [6.45, 7) is 1.81. The summed E-state index contributed by atoms with van der Waals surface area (Å²) in [4.78, 5) is 22.0. The highest BCUT2D eigenvalue weighted by atomic mass is 35.5. The van der Waals surface area contributed by atoms with Crippen LogP contribution in [0.4, 0.5) is 5.69 Å². The molecule has 0 aliphatic carbocycles. The van der Waals surface area contributed by atoms with Crippen LogP contribution in [0.2, 0.25) is 10.0 Å². The highest BCUT2D eigenvalue weighted by Crippen LogP contribution is 2.33. The van der Waals surface area contributed by atoms with E-state index in [4.69, 9.17) is 29.6 Å². The van der Waals surface area contributed by atoms with Gasteiger partial charge in [-0.3, -0.25) is 14.9 Å². The number of carbonyl (C=O) groups is 1. The molecule has 1 amide bonds. The Morgan fingerprint density at radius 2 is 2.21 bits per heavy atom. The Labute approximate surface area is 120 Å². The third-order valence-corrected chi connectivity index (χ3v) is 3.17. The monoisotopic (exact) mass is 300 g/mol. The summed E-state index contributed by atoms with van der Waals surface area (Å²) in [5, 5.41) is 13.1. The molecule has 1 atom stereocenters. The Balaban J connectivity index is 3.12. The van der Waals surface area contributed by atoms with E-state index in [1.807, 2.05) is 6.92 Å². The molecule has 0 bridgehead atoms. The van der Waals surface area contributed by atoms with Crippen LogP contribution in [0, 0.1) is 22.5 Å². The second-order valence-corrected chi connectivity index (χ2v) is 4.43. The minimum atomic E-state index is -0.705. The van der Waals surface area contributed by atoms with Crippen LogP contribution in [0.1, 0.15) is 23.7 Å². The van der Waals surface area contributed by atoms with Crippen molar-refractivity contribution in [3.05, 3.63) is 37.9 Å². The highest BCUT2D eigenvalue weighted by molar-refractivity contribution is 6.43. The van der Waals surface area contributed by atoms with Gasteiger partial charge >= 0.3 is 0 Å². The molecule has 0 aliphatic rings. The van der Waals surface area contributed by atoms with Crippen molar-refractivity contribution in [1.82, 2.24) is 5.32 Å². The first-order valence-corrected chi connectivity index (χ1v) is 6.06. The molecule has 0 aromatic heterocycles. The van der Waals surface area contributed by atoms with Gasteiger partial charge in [-0.05, 0) is 12.5 Å². The van der Waals surface area contributed by atoms with Crippen molar-refractivity contribution in [3.8, 4) is 12.3 Å². The largest absolute Gasteiger partial charge is 0.338 e. The molecule has 1 aromatic carbocycles. The average molecular weight is 301 g/mol. The van der Waals surface area contributed by atoms with Crippen molar-refractivity contribution in [2.45, 2.75) is 19.4 Å². The summed E-state index contributed by atoms with van der Waals surface area (Å²) in [5.74, 6) is 1.86. The first kappa shape index (κ1) is 15.3. The van der Waals surface area contributed by atoms with E-state index in [1.165, 1.54) is 6.07 Å². The second-order valence-electron chi connectivity index (χ2n) is 3.65. The van der Waals surface area contributed by atoms with Gasteiger partial charge in [-0.1, -0.05) is 36.0 Å². The zero-order chi connectivity index (χ0) is 14.6. The Bertz CT molecular complexity index is 567. The fraction of sp³-hybridized carbons (Fsp3) is 0.250. The quantitative estimate of drug-likeness (QED) is 0.528. The molecular formula is C12H10Cl2N2O3. The van der Waals surface area contributed by atoms with Gasteiger partial charge in [-0.2, -0.15) is 0 Å². The highest BCUT2D eigenvalue weighted by Gasteiger charge is 2.20. The second kappa shape index (κ2) is 6.41. The number of hydrogen-bond donors (Lipinski definition) is 1. The van der Waals surface area contributed by atoms with Gasteiger partial charge in [0.25, 0.3) is 11.6 Å². The summed E-state index contributed by atoms with van der Waals surface area (Å²) in [7, 11) is 0. The normalized spacial score (nSPS) is 11.5. The van der Waals surface area contributed by atoms with Gasteiger partial charge in [0.15, 0.2) is 0 Å². The molecule has 19 heavy (non-hydrogen) atoms. The third kappa shape index (κ3) is 3.60. The van der Waals surface area contributed by atoms with Gasteiger partial charge in [0, 0.05) is 11.6 Å². The number of nitrogens with zero attached hydrogens (tertiary/aromatic N) is 1. The van der Waals surface area contributed by atoms with Crippen LogP contribution in [-0.4, -0.2) is 16.9 Å². The number of terminal acetylenes is 1. The number of benzene rings is 1. The van der Waals surface area contributed by atoms with Gasteiger partial charge in [0.05, 0.1) is 16.0 Å². The Hall–Kier alpha value is -1.77. The molecule has 1 unspecified atom stereocenters. The predicted octanol–water partition coefficient (Wildman–Crippen LogP) is 3.04. The van der Waals surface area contributed by atoms with Crippen LogP contribution in [0.25, 0.3) is 0 Å². The van der Waals surface area contributed by atoms with Gasteiger partial charge in [0.1, 0.15) is 5.02 Å². The van der Waals surface area contributed by atoms with Gasteiger partial charge in [-0.15, -0.1) is 6.42 Å². The zero-order valence-corrected chi connectivity index (χ0v) is 11.5. The van der Waals surface area contributed by atoms with Crippen molar-refractivity contribution < 1.29 is 9.72 Å². The number of amides is 1. The summed E-state index contributed by atoms with van der Waals surface area (Å²) in [6, 6.07) is 1.88. The number of nitro groups is 1. The van der Waals surface area contributed by atoms with E-state index in [9.17, 15) is 14.9 Å². The lowest BCUT2D eigenvalue weighted by Gasteiger charge is -2.11. The standard InChI is InChI=1S/C12H10Cl2N2O3/c1-3-8(4-2)15-12(17)7-5-9(13)11(14)10(6-7)16(18)19/h1,5-6,8H,4H2,2H3,(H,15,17). The SMILES string of the molecule is C#CC(CC)NC(=O)c1cc(Cl)c(Cl)c([N+](=O)[O-])c1. The van der Waals surface area contributed by atoms with Crippen molar-refractivity contribution >= 4 is 34.8 Å². The summed E-state index contributed by atoms with van der Waals surface area (Å²) < 4.78 is 0. The van der Waals surface area contributed by atoms with Gasteiger partial charge in [0.2, 0.25) is 0 Å². The molecule has 1 rings (SSSR count). The van der Waals surface area contributed by atoms with E-state index in [0.717, 1.165) is 6.07 Å². The van der Waals surface area contributed by atoms with E-state index in [0.29, 0.717) is 6.42 Å². The smallest absolute Gasteiger partial charge is 0.290 e. The summed E-state index contributed by atoms with van der Waals surface area (Å²) in [5.41, 5.74) is -0.386. The molecule has 7 heteroatoms. The lowest BCUT2D eigenvalue weighted by molar-refractivity contribution is -0.384. The Morgan fingerprint density at radius 1 is 1.58 bits per heavy atom. The van der Waals surface area contributed by atoms with Crippen molar-refractivity contribution in [2.24, 2.45) is 0 Å². The number of nitro benzene ring substituents is 1. The molecule has 100 valence electrons. The minimum Gasteiger partial charge on any atom is -0.338 e. The molecular weight excluding hydrogens is 291 g/mol. The summed E-state index contributed by atoms with van der Waals surface area (Å²) in [6.07, 6.45) is 5.77. The van der Waals surface area contributed by atoms with E-state index in [-0.39, 0.29) is 15.6 Å². The maximum Gasteiger partial charge on any atom is 0.290 e. The molecule has 0 fully saturated rings. The van der Waals surface area contributed by atoms with Crippen molar-refractivity contribution in [1.29, 1.82) is 0 Å². The number of rotatable bonds is 4. The van der Waals surface area contributed by atoms with E-state index < -0.39 is 22.6 Å². The molecule has 0 spiro atoms. The zero-order valence-electron chi connectivity index (χ0n) is 9.94. The van der Waals surface area contributed by atoms with Crippen LogP contribution >= 0.6 is 23.2 Å². The number of halogens is 2. The molecule has 1 aromatic rings. The first-order chi connectivity index (χ1) is 8.90. The summed E-state index contributed by atoms with van der Waals surface area (Å²) >= 11 is 11.4. The minimum absolute atomic E-state index is 0.0369. The Morgan fingerprint density at radius 3 is 2.68 bits per heavy atom. The van der Waals surface area contributed by atoms with Crippen molar-refractivity contribution in [3.63, 3.8) is 0 Å². The van der Waals surface area contributed by atoms with Crippen molar-refractivity contribution in [2.75, 3.05) is 0 Å². The van der Waals surface area contributed by atoms with E-state index in [1.54, 1.807) is 0 Å². The maximum atomic E-state index is 11.9. The molecule has 0 radical (unpaired) electrons. The number of hydrogen-bond acceptors (Lipinski definition) is 3. The lowest BCUT2D eigenvalue weighted by atomic mass is 10.1. The van der Waals surface area contributed by atoms with Crippen LogP contribution in [-0.2, 0) is 0 Å². The fourth-order valence-corrected chi connectivity index (χ4v) is 1.73. The first-order valence-electron chi connectivity index (χ1n) is 5.31. The molecule has 0 heterocycles. The predicted molar refractivity (Wildman–Crippen MR) is 73.5 cm³/mol. The number of nitrogens with one attached hydrogen (secondary N) is 1. The molecule has 0 saturated heterocycles. The number of carbonyl (C=O) groups excluding carboxylic acids is 1. The molecule has 0 saturated carbocycles. The van der Waals surface area contributed by atoms with Gasteiger partial charge in [-0.25, -0.2) is 0 Å². The third-order valence-electron chi connectivity index (χ3n) is 2.38. The van der Waals surface area contributed by atoms with Crippen LogP contribution in [0.3, 0.4) is 0 Å². The Kier molecular flexibility index (Phi) is 5.16. The van der Waals surface area contributed by atoms with E-state index in [2.05, 4.69) is 11.2 Å². The topological polar surface area (TPSA) is 72.2 Å². The average Bonchev–Trinajstić information content (AvgIpc) is 2.38. The molecule has 5 nitrogen and oxygen atoms in total.